The Morgan fingerprint density at radius 2 is 1.85 bits per heavy atom. The van der Waals surface area contributed by atoms with Crippen LogP contribution in [0.3, 0.4) is 0 Å². The summed E-state index contributed by atoms with van der Waals surface area (Å²) in [4.78, 5) is 15.7. The molecule has 0 saturated carbocycles. The summed E-state index contributed by atoms with van der Waals surface area (Å²) in [5, 5.41) is 3.93. The predicted molar refractivity (Wildman–Crippen MR) is 130 cm³/mol. The molecule has 1 atom stereocenters. The number of nitrogens with zero attached hydrogens (tertiary/aromatic N) is 3. The fourth-order valence-electron chi connectivity index (χ4n) is 4.82. The number of benzene rings is 2. The van der Waals surface area contributed by atoms with Gasteiger partial charge in [-0.25, -0.2) is 12.4 Å². The highest BCUT2D eigenvalue weighted by molar-refractivity contribution is 7.90. The Balaban J connectivity index is 1.59. The summed E-state index contributed by atoms with van der Waals surface area (Å²) < 4.78 is 39.5. The molecule has 3 aromatic rings. The topological polar surface area (TPSA) is 93.1 Å². The Hall–Kier alpha value is -3.08. The zero-order chi connectivity index (χ0) is 23.7. The number of fused-ring (bicyclic) bond motifs is 1. The van der Waals surface area contributed by atoms with Gasteiger partial charge in [-0.15, -0.1) is 0 Å². The van der Waals surface area contributed by atoms with Crippen molar-refractivity contribution < 1.29 is 22.7 Å². The second-order valence-corrected chi connectivity index (χ2v) is 10.3. The van der Waals surface area contributed by atoms with Crippen molar-refractivity contribution in [2.45, 2.75) is 17.4 Å². The smallest absolute Gasteiger partial charge is 0.298 e. The van der Waals surface area contributed by atoms with Crippen molar-refractivity contribution in [2.75, 3.05) is 56.2 Å². The van der Waals surface area contributed by atoms with E-state index in [1.165, 1.54) is 10.2 Å². The van der Waals surface area contributed by atoms with Gasteiger partial charge in [0.25, 0.3) is 16.5 Å². The zero-order valence-corrected chi connectivity index (χ0v) is 19.8. The van der Waals surface area contributed by atoms with Gasteiger partial charge in [-0.2, -0.15) is 0 Å². The number of carbonyl (C=O) groups excluding carboxylic acids is 1. The quantitative estimate of drug-likeness (QED) is 0.510. The van der Waals surface area contributed by atoms with E-state index in [1.807, 2.05) is 18.2 Å². The van der Waals surface area contributed by atoms with E-state index in [9.17, 15) is 13.2 Å². The fraction of sp³-hybridized carbons (Fsp3) is 0.375. The molecular formula is C24H28N4O5S. The van der Waals surface area contributed by atoms with Crippen molar-refractivity contribution in [3.05, 3.63) is 48.7 Å². The molecule has 1 aromatic heterocycles. The van der Waals surface area contributed by atoms with Crippen LogP contribution < -0.4 is 19.9 Å². The van der Waals surface area contributed by atoms with Crippen molar-refractivity contribution in [1.82, 2.24) is 9.29 Å². The highest BCUT2D eigenvalue weighted by Gasteiger charge is 2.27. The molecule has 3 heterocycles. The lowest BCUT2D eigenvalue weighted by atomic mass is 10.1. The van der Waals surface area contributed by atoms with E-state index >= 15 is 0 Å². The third kappa shape index (κ3) is 4.02. The van der Waals surface area contributed by atoms with Crippen LogP contribution in [0.5, 0.6) is 5.75 Å². The number of piperazine rings is 1. The van der Waals surface area contributed by atoms with Crippen LogP contribution in [0.15, 0.2) is 53.6 Å². The number of ether oxygens (including phenoxy) is 2. The van der Waals surface area contributed by atoms with Crippen LogP contribution in [0.2, 0.25) is 0 Å². The van der Waals surface area contributed by atoms with Gasteiger partial charge in [-0.05, 0) is 36.8 Å². The summed E-state index contributed by atoms with van der Waals surface area (Å²) in [5.74, 6) is 0.223. The average Bonchev–Trinajstić information content (AvgIpc) is 3.51. The Morgan fingerprint density at radius 1 is 1.06 bits per heavy atom. The molecule has 0 spiro atoms. The second kappa shape index (κ2) is 9.28. The summed E-state index contributed by atoms with van der Waals surface area (Å²) in [7, 11) is -2.26. The summed E-state index contributed by atoms with van der Waals surface area (Å²) in [6.07, 6.45) is 2.43. The summed E-state index contributed by atoms with van der Waals surface area (Å²) in [5.41, 5.74) is 2.16. The highest BCUT2D eigenvalue weighted by Crippen LogP contribution is 2.38. The molecule has 1 N–H and O–H groups in total. The molecule has 180 valence electrons. The summed E-state index contributed by atoms with van der Waals surface area (Å²) >= 11 is 0. The highest BCUT2D eigenvalue weighted by atomic mass is 32.2. The number of carbonyl (C=O) groups is 1. The van der Waals surface area contributed by atoms with E-state index in [-0.39, 0.29) is 16.7 Å². The van der Waals surface area contributed by atoms with Gasteiger partial charge in [0.2, 0.25) is 0 Å². The van der Waals surface area contributed by atoms with E-state index < -0.39 is 10.0 Å². The van der Waals surface area contributed by atoms with E-state index in [4.69, 9.17) is 9.47 Å². The molecule has 0 unspecified atom stereocenters. The SMILES string of the molecule is CO[C@@H]1CCN(c2cccc(S(=O)(=O)n3cc(OC=O)c4c(N5CCNCC5)cccc43)c2)C1. The van der Waals surface area contributed by atoms with Crippen LogP contribution in [-0.4, -0.2) is 71.3 Å². The van der Waals surface area contributed by atoms with Crippen LogP contribution in [0.4, 0.5) is 11.4 Å². The van der Waals surface area contributed by atoms with Crippen molar-refractivity contribution in [3.8, 4) is 5.75 Å². The van der Waals surface area contributed by atoms with Crippen molar-refractivity contribution >= 4 is 38.8 Å². The molecule has 0 amide bonds. The Labute approximate surface area is 198 Å². The van der Waals surface area contributed by atoms with Gasteiger partial charge in [0, 0.05) is 52.1 Å². The molecule has 2 aliphatic rings. The molecule has 0 radical (unpaired) electrons. The molecule has 10 heteroatoms. The van der Waals surface area contributed by atoms with E-state index in [1.54, 1.807) is 31.4 Å². The van der Waals surface area contributed by atoms with E-state index in [2.05, 4.69) is 15.1 Å². The van der Waals surface area contributed by atoms with Gasteiger partial charge in [-0.3, -0.25) is 4.79 Å². The standard InChI is InChI=1S/C24H28N4O5S/c1-32-19-8-11-27(15-19)18-4-2-5-20(14-18)34(30,31)28-16-23(33-17-29)24-21(6-3-7-22(24)28)26-12-9-25-10-13-26/h2-7,14,16-17,19,25H,8-13,15H2,1H3/t19-/m1/s1. The van der Waals surface area contributed by atoms with Gasteiger partial charge in [0.05, 0.1) is 33.8 Å². The third-order valence-electron chi connectivity index (χ3n) is 6.59. The van der Waals surface area contributed by atoms with Gasteiger partial charge in [0.15, 0.2) is 5.75 Å². The number of rotatable bonds is 7. The van der Waals surface area contributed by atoms with Gasteiger partial charge < -0.3 is 24.6 Å². The largest absolute Gasteiger partial charge is 0.426 e. The first-order valence-corrected chi connectivity index (χ1v) is 12.8. The molecule has 2 aromatic carbocycles. The van der Waals surface area contributed by atoms with Crippen molar-refractivity contribution in [3.63, 3.8) is 0 Å². The van der Waals surface area contributed by atoms with Crippen LogP contribution in [0, 0.1) is 0 Å². The maximum absolute atomic E-state index is 13.8. The van der Waals surface area contributed by atoms with Crippen LogP contribution in [-0.2, 0) is 19.6 Å². The monoisotopic (exact) mass is 484 g/mol. The normalized spacial score (nSPS) is 19.0. The van der Waals surface area contributed by atoms with E-state index in [0.717, 1.165) is 57.1 Å². The molecule has 0 aliphatic carbocycles. The average molecular weight is 485 g/mol. The predicted octanol–water partition coefficient (Wildman–Crippen LogP) is 2.05. The lowest BCUT2D eigenvalue weighted by Crippen LogP contribution is -2.43. The lowest BCUT2D eigenvalue weighted by molar-refractivity contribution is -0.120. The minimum Gasteiger partial charge on any atom is -0.426 e. The van der Waals surface area contributed by atoms with Crippen LogP contribution in [0.25, 0.3) is 10.9 Å². The molecule has 0 bridgehead atoms. The molecule has 34 heavy (non-hydrogen) atoms. The van der Waals surface area contributed by atoms with Crippen molar-refractivity contribution in [2.24, 2.45) is 0 Å². The first kappa shape index (κ1) is 22.7. The maximum Gasteiger partial charge on any atom is 0.298 e. The fourth-order valence-corrected chi connectivity index (χ4v) is 6.22. The van der Waals surface area contributed by atoms with Gasteiger partial charge in [0.1, 0.15) is 0 Å². The zero-order valence-electron chi connectivity index (χ0n) is 19.0. The first-order chi connectivity index (χ1) is 16.5. The molecule has 9 nitrogen and oxygen atoms in total. The third-order valence-corrected chi connectivity index (χ3v) is 8.26. The lowest BCUT2D eigenvalue weighted by Gasteiger charge is -2.30. The van der Waals surface area contributed by atoms with Gasteiger partial charge >= 0.3 is 0 Å². The number of aromatic nitrogens is 1. The molecule has 5 rings (SSSR count). The van der Waals surface area contributed by atoms with Gasteiger partial charge in [-0.1, -0.05) is 12.1 Å². The molecular weight excluding hydrogens is 456 g/mol. The second-order valence-electron chi connectivity index (χ2n) is 8.51. The first-order valence-electron chi connectivity index (χ1n) is 11.4. The van der Waals surface area contributed by atoms with Crippen LogP contribution in [0.1, 0.15) is 6.42 Å². The molecule has 2 fully saturated rings. The number of hydrogen-bond acceptors (Lipinski definition) is 8. The van der Waals surface area contributed by atoms with E-state index in [0.29, 0.717) is 17.4 Å². The maximum atomic E-state index is 13.8. The van der Waals surface area contributed by atoms with Crippen molar-refractivity contribution in [1.29, 1.82) is 0 Å². The van der Waals surface area contributed by atoms with Crippen LogP contribution >= 0.6 is 0 Å². The minimum absolute atomic E-state index is 0.139. The summed E-state index contributed by atoms with van der Waals surface area (Å²) in [6, 6.07) is 12.5. The minimum atomic E-state index is -3.95. The number of nitrogens with one attached hydrogen (secondary N) is 1. The number of methoxy groups -OCH3 is 1. The Bertz CT molecular complexity index is 1300. The Kier molecular flexibility index (Phi) is 6.20. The summed E-state index contributed by atoms with van der Waals surface area (Å²) in [6.45, 7) is 5.06. The number of hydrogen-bond donors (Lipinski definition) is 1. The Morgan fingerprint density at radius 3 is 2.59 bits per heavy atom. The molecule has 2 aliphatic heterocycles. The number of anilines is 2. The molecule has 2 saturated heterocycles.